The summed E-state index contributed by atoms with van der Waals surface area (Å²) in [7, 11) is 0. The van der Waals surface area contributed by atoms with Crippen molar-refractivity contribution in [1.82, 2.24) is 10.0 Å². The first-order chi connectivity index (χ1) is 5.81. The van der Waals surface area contributed by atoms with Gasteiger partial charge in [0.05, 0.1) is 0 Å². The number of amides is 1. The Morgan fingerprint density at radius 1 is 1.42 bits per heavy atom. The van der Waals surface area contributed by atoms with Gasteiger partial charge in [-0.3, -0.25) is 9.80 Å². The van der Waals surface area contributed by atoms with Crippen LogP contribution in [0.1, 0.15) is 12.8 Å². The van der Waals surface area contributed by atoms with E-state index in [2.05, 4.69) is 5.01 Å². The molecule has 3 nitrogen and oxygen atoms in total. The number of hydrazine groups is 1. The number of hydrogen-bond donors (Lipinski definition) is 0. The zero-order valence-corrected chi connectivity index (χ0v) is 7.76. The number of piperidine rings is 1. The molecule has 3 aliphatic rings. The number of carbonyl (C=O) groups is 1. The fourth-order valence-corrected chi connectivity index (χ4v) is 2.17. The van der Waals surface area contributed by atoms with Crippen LogP contribution in [0.25, 0.3) is 0 Å². The number of carbonyl (C=O) groups excluding carboxylic acids is 1. The van der Waals surface area contributed by atoms with Crippen LogP contribution in [-0.2, 0) is 4.79 Å². The number of nitrogens with zero attached hydrogens (tertiary/aromatic N) is 2. The van der Waals surface area contributed by atoms with Gasteiger partial charge in [-0.15, -0.1) is 11.6 Å². The Morgan fingerprint density at radius 2 is 2.08 bits per heavy atom. The van der Waals surface area contributed by atoms with Gasteiger partial charge in [-0.25, -0.2) is 5.01 Å². The maximum absolute atomic E-state index is 11.3. The molecule has 0 aromatic rings. The molecule has 0 saturated carbocycles. The van der Waals surface area contributed by atoms with Crippen LogP contribution >= 0.6 is 11.6 Å². The van der Waals surface area contributed by atoms with Crippen LogP contribution in [0.2, 0.25) is 0 Å². The highest BCUT2D eigenvalue weighted by molar-refractivity contribution is 6.27. The highest BCUT2D eigenvalue weighted by atomic mass is 35.5. The van der Waals surface area contributed by atoms with Gasteiger partial charge in [0, 0.05) is 19.6 Å². The van der Waals surface area contributed by atoms with Crippen molar-refractivity contribution >= 4 is 17.5 Å². The Bertz CT molecular complexity index is 189. The smallest absolute Gasteiger partial charge is 0.251 e. The second kappa shape index (κ2) is 3.23. The quantitative estimate of drug-likeness (QED) is 0.566. The summed E-state index contributed by atoms with van der Waals surface area (Å²) in [6.45, 7) is 2.96. The van der Waals surface area contributed by atoms with E-state index in [4.69, 9.17) is 11.6 Å². The van der Waals surface area contributed by atoms with Gasteiger partial charge in [0.2, 0.25) is 0 Å². The topological polar surface area (TPSA) is 23.6 Å². The molecule has 3 fully saturated rings. The first-order valence-corrected chi connectivity index (χ1v) is 4.96. The van der Waals surface area contributed by atoms with Crippen molar-refractivity contribution < 1.29 is 4.79 Å². The molecule has 3 saturated heterocycles. The third-order valence-corrected chi connectivity index (χ3v) is 2.99. The van der Waals surface area contributed by atoms with Crippen molar-refractivity contribution in [2.24, 2.45) is 5.92 Å². The average Bonchev–Trinajstić information content (AvgIpc) is 2.18. The van der Waals surface area contributed by atoms with E-state index >= 15 is 0 Å². The highest BCUT2D eigenvalue weighted by Gasteiger charge is 2.33. The summed E-state index contributed by atoms with van der Waals surface area (Å²) in [6, 6.07) is 0. The summed E-state index contributed by atoms with van der Waals surface area (Å²) in [5.74, 6) is 0.895. The minimum Gasteiger partial charge on any atom is -0.274 e. The van der Waals surface area contributed by atoms with Crippen LogP contribution < -0.4 is 0 Å². The summed E-state index contributed by atoms with van der Waals surface area (Å²) in [5, 5.41) is 3.95. The lowest BCUT2D eigenvalue weighted by Gasteiger charge is -2.47. The predicted octanol–water partition coefficient (Wildman–Crippen LogP) is 0.694. The second-order valence-electron chi connectivity index (χ2n) is 3.51. The molecule has 3 aliphatic heterocycles. The third kappa shape index (κ3) is 1.31. The highest BCUT2D eigenvalue weighted by Crippen LogP contribution is 2.26. The van der Waals surface area contributed by atoms with Gasteiger partial charge in [-0.2, -0.15) is 0 Å². The molecule has 0 radical (unpaired) electrons. The van der Waals surface area contributed by atoms with E-state index < -0.39 is 0 Å². The first kappa shape index (κ1) is 8.32. The molecule has 3 heterocycles. The molecule has 0 N–H and O–H groups in total. The fourth-order valence-electron chi connectivity index (χ4n) is 2.03. The van der Waals surface area contributed by atoms with Crippen molar-refractivity contribution in [1.29, 1.82) is 0 Å². The van der Waals surface area contributed by atoms with E-state index in [1.54, 1.807) is 0 Å². The third-order valence-electron chi connectivity index (χ3n) is 2.77. The standard InChI is InChI=1S/C8H13ClN2O/c9-5-8(12)11-6-7-1-3-10(11)4-2-7/h7H,1-6H2. The minimum absolute atomic E-state index is 0.0565. The van der Waals surface area contributed by atoms with Gasteiger partial charge < -0.3 is 0 Å². The molecule has 3 rings (SSSR count). The summed E-state index contributed by atoms with van der Waals surface area (Å²) in [5.41, 5.74) is 0. The van der Waals surface area contributed by atoms with E-state index in [1.165, 1.54) is 12.8 Å². The van der Waals surface area contributed by atoms with Crippen LogP contribution in [0, 0.1) is 5.92 Å². The van der Waals surface area contributed by atoms with Crippen molar-refractivity contribution in [3.63, 3.8) is 0 Å². The molecule has 0 aliphatic carbocycles. The lowest BCUT2D eigenvalue weighted by molar-refractivity contribution is -0.162. The summed E-state index contributed by atoms with van der Waals surface area (Å²) >= 11 is 5.50. The molecule has 0 unspecified atom stereocenters. The van der Waals surface area contributed by atoms with Crippen molar-refractivity contribution in [2.75, 3.05) is 25.5 Å². The van der Waals surface area contributed by atoms with Gasteiger partial charge in [-0.1, -0.05) is 0 Å². The molecule has 4 heteroatoms. The minimum atomic E-state index is 0.0565. The van der Waals surface area contributed by atoms with Crippen molar-refractivity contribution in [3.05, 3.63) is 0 Å². The lowest BCUT2D eigenvalue weighted by Crippen LogP contribution is -2.58. The van der Waals surface area contributed by atoms with Crippen LogP contribution in [0.15, 0.2) is 0 Å². The molecule has 68 valence electrons. The number of rotatable bonds is 1. The Kier molecular flexibility index (Phi) is 2.24. The number of hydrogen-bond acceptors (Lipinski definition) is 2. The molecule has 0 aromatic carbocycles. The van der Waals surface area contributed by atoms with Crippen LogP contribution in [0.3, 0.4) is 0 Å². The lowest BCUT2D eigenvalue weighted by atomic mass is 9.94. The molecular formula is C8H13ClN2O. The van der Waals surface area contributed by atoms with Gasteiger partial charge in [0.15, 0.2) is 0 Å². The molecule has 0 spiro atoms. The maximum Gasteiger partial charge on any atom is 0.251 e. The largest absolute Gasteiger partial charge is 0.274 e. The van der Waals surface area contributed by atoms with E-state index in [9.17, 15) is 4.79 Å². The van der Waals surface area contributed by atoms with Gasteiger partial charge >= 0.3 is 0 Å². The Morgan fingerprint density at radius 3 is 2.50 bits per heavy atom. The van der Waals surface area contributed by atoms with E-state index in [0.717, 1.165) is 25.6 Å². The fraction of sp³-hybridized carbons (Fsp3) is 0.875. The molecular weight excluding hydrogens is 176 g/mol. The maximum atomic E-state index is 11.3. The van der Waals surface area contributed by atoms with Crippen molar-refractivity contribution in [2.45, 2.75) is 12.8 Å². The normalized spacial score (nSPS) is 33.9. The Labute approximate surface area is 77.2 Å². The number of halogens is 1. The van der Waals surface area contributed by atoms with Gasteiger partial charge in [-0.05, 0) is 18.8 Å². The van der Waals surface area contributed by atoms with Crippen LogP contribution in [0.4, 0.5) is 0 Å². The average molecular weight is 189 g/mol. The SMILES string of the molecule is O=C(CCl)N1CC2CCN1CC2. The Balaban J connectivity index is 2.03. The number of alkyl halides is 1. The van der Waals surface area contributed by atoms with E-state index in [-0.39, 0.29) is 11.8 Å². The monoisotopic (exact) mass is 188 g/mol. The van der Waals surface area contributed by atoms with Gasteiger partial charge in [0.25, 0.3) is 5.91 Å². The first-order valence-electron chi connectivity index (χ1n) is 4.42. The molecule has 0 atom stereocenters. The van der Waals surface area contributed by atoms with Gasteiger partial charge in [0.1, 0.15) is 5.88 Å². The number of fused-ring (bicyclic) bond motifs is 3. The summed E-state index contributed by atoms with van der Waals surface area (Å²) in [6.07, 6.45) is 2.48. The van der Waals surface area contributed by atoms with E-state index in [1.807, 2.05) is 5.01 Å². The second-order valence-corrected chi connectivity index (χ2v) is 3.77. The van der Waals surface area contributed by atoms with E-state index in [0.29, 0.717) is 0 Å². The molecule has 1 amide bonds. The zero-order valence-electron chi connectivity index (χ0n) is 7.00. The molecule has 12 heavy (non-hydrogen) atoms. The van der Waals surface area contributed by atoms with Crippen LogP contribution in [-0.4, -0.2) is 41.4 Å². The summed E-state index contributed by atoms with van der Waals surface area (Å²) < 4.78 is 0. The molecule has 2 bridgehead atoms. The predicted molar refractivity (Wildman–Crippen MR) is 46.7 cm³/mol. The summed E-state index contributed by atoms with van der Waals surface area (Å²) in [4.78, 5) is 11.3. The Hall–Kier alpha value is -0.280. The molecule has 0 aromatic heterocycles. The zero-order chi connectivity index (χ0) is 8.55. The van der Waals surface area contributed by atoms with Crippen molar-refractivity contribution in [3.8, 4) is 0 Å². The van der Waals surface area contributed by atoms with Crippen LogP contribution in [0.5, 0.6) is 0 Å².